The molecule has 0 aromatic rings. The molecule has 84 valence electrons. The zero-order valence-corrected chi connectivity index (χ0v) is 10.4. The van der Waals surface area contributed by atoms with Crippen molar-refractivity contribution in [3.8, 4) is 0 Å². The molecule has 0 bridgehead atoms. The largest absolute Gasteiger partial charge is 0.306 e. The van der Waals surface area contributed by atoms with Crippen molar-refractivity contribution in [2.45, 2.75) is 58.4 Å². The van der Waals surface area contributed by atoms with E-state index >= 15 is 0 Å². The smallest absolute Gasteiger partial charge is 0.0115 e. The Kier molecular flexibility index (Phi) is 4.94. The van der Waals surface area contributed by atoms with E-state index in [2.05, 4.69) is 32.8 Å². The summed E-state index contributed by atoms with van der Waals surface area (Å²) in [6, 6.07) is 0.827. The lowest BCUT2D eigenvalue weighted by atomic mass is 9.77. The van der Waals surface area contributed by atoms with E-state index in [0.717, 1.165) is 17.9 Å². The average Bonchev–Trinajstić information content (AvgIpc) is 2.19. The fraction of sp³-hybridized carbons (Fsp3) is 1.00. The quantitative estimate of drug-likeness (QED) is 0.666. The first-order valence-corrected chi connectivity index (χ1v) is 6.35. The predicted octanol–water partition coefficient (Wildman–Crippen LogP) is 3.54. The van der Waals surface area contributed by atoms with Crippen LogP contribution in [0.2, 0.25) is 0 Å². The Morgan fingerprint density at radius 1 is 1.07 bits per heavy atom. The summed E-state index contributed by atoms with van der Waals surface area (Å²) in [5, 5.41) is 0. The van der Waals surface area contributed by atoms with E-state index in [4.69, 9.17) is 0 Å². The molecule has 0 heterocycles. The van der Waals surface area contributed by atoms with Gasteiger partial charge in [0.15, 0.2) is 0 Å². The molecule has 1 rings (SSSR count). The van der Waals surface area contributed by atoms with Gasteiger partial charge in [0.1, 0.15) is 0 Å². The van der Waals surface area contributed by atoms with Crippen LogP contribution in [0.25, 0.3) is 0 Å². The lowest BCUT2D eigenvalue weighted by Gasteiger charge is -2.36. The molecule has 0 saturated heterocycles. The van der Waals surface area contributed by atoms with Crippen molar-refractivity contribution in [2.24, 2.45) is 11.8 Å². The first kappa shape index (κ1) is 12.0. The van der Waals surface area contributed by atoms with E-state index in [1.165, 1.54) is 38.5 Å². The van der Waals surface area contributed by atoms with Gasteiger partial charge in [-0.3, -0.25) is 0 Å². The molecular formula is C13H27N. The molecule has 0 N–H and O–H groups in total. The van der Waals surface area contributed by atoms with Crippen molar-refractivity contribution < 1.29 is 0 Å². The fourth-order valence-electron chi connectivity index (χ4n) is 3.10. The Labute approximate surface area is 89.9 Å². The summed E-state index contributed by atoms with van der Waals surface area (Å²) in [7, 11) is 4.47. The first-order valence-electron chi connectivity index (χ1n) is 6.35. The number of nitrogens with zero attached hydrogens (tertiary/aromatic N) is 1. The molecule has 0 amide bonds. The van der Waals surface area contributed by atoms with Crippen LogP contribution in [0.1, 0.15) is 52.4 Å². The number of hydrogen-bond acceptors (Lipinski definition) is 1. The highest BCUT2D eigenvalue weighted by Gasteiger charge is 2.26. The lowest BCUT2D eigenvalue weighted by molar-refractivity contribution is 0.143. The summed E-state index contributed by atoms with van der Waals surface area (Å²) in [6.45, 7) is 4.67. The minimum absolute atomic E-state index is 0.827. The molecule has 0 aromatic heterocycles. The molecule has 1 heteroatoms. The summed E-state index contributed by atoms with van der Waals surface area (Å²) in [5.41, 5.74) is 0. The number of hydrogen-bond donors (Lipinski definition) is 0. The Bertz CT molecular complexity index is 145. The van der Waals surface area contributed by atoms with Crippen molar-refractivity contribution in [1.82, 2.24) is 4.90 Å². The zero-order valence-electron chi connectivity index (χ0n) is 10.4. The minimum Gasteiger partial charge on any atom is -0.306 e. The van der Waals surface area contributed by atoms with Gasteiger partial charge in [-0.15, -0.1) is 0 Å². The Balaban J connectivity index is 2.39. The van der Waals surface area contributed by atoms with E-state index in [9.17, 15) is 0 Å². The minimum atomic E-state index is 0.827. The van der Waals surface area contributed by atoms with Crippen molar-refractivity contribution in [1.29, 1.82) is 0 Å². The molecular weight excluding hydrogens is 170 g/mol. The summed E-state index contributed by atoms with van der Waals surface area (Å²) >= 11 is 0. The summed E-state index contributed by atoms with van der Waals surface area (Å²) in [5.74, 6) is 2.00. The number of rotatable bonds is 4. The summed E-state index contributed by atoms with van der Waals surface area (Å²) in [6.07, 6.45) is 8.60. The van der Waals surface area contributed by atoms with Gasteiger partial charge in [0.05, 0.1) is 0 Å². The average molecular weight is 197 g/mol. The molecule has 1 unspecified atom stereocenters. The zero-order chi connectivity index (χ0) is 10.6. The maximum absolute atomic E-state index is 2.43. The van der Waals surface area contributed by atoms with Gasteiger partial charge in [-0.1, -0.05) is 33.1 Å². The summed E-state index contributed by atoms with van der Waals surface area (Å²) < 4.78 is 0. The van der Waals surface area contributed by atoms with E-state index in [1.807, 2.05) is 0 Å². The maximum atomic E-state index is 2.43. The monoisotopic (exact) mass is 197 g/mol. The Hall–Kier alpha value is -0.0400. The molecule has 0 spiro atoms. The maximum Gasteiger partial charge on any atom is 0.0115 e. The third kappa shape index (κ3) is 2.98. The molecule has 1 aliphatic carbocycles. The van der Waals surface area contributed by atoms with E-state index in [-0.39, 0.29) is 0 Å². The van der Waals surface area contributed by atoms with Crippen LogP contribution in [-0.2, 0) is 0 Å². The van der Waals surface area contributed by atoms with Crippen molar-refractivity contribution in [2.75, 3.05) is 14.1 Å². The van der Waals surface area contributed by atoms with Gasteiger partial charge in [-0.2, -0.15) is 0 Å². The standard InChI is InChI=1S/C13H27N/c1-5-11-7-9-12(10-8-11)13(6-2)14(3)4/h11-13H,5-10H2,1-4H3. The van der Waals surface area contributed by atoms with Crippen LogP contribution in [0.4, 0.5) is 0 Å². The normalized spacial score (nSPS) is 30.6. The van der Waals surface area contributed by atoms with Gasteiger partial charge in [-0.05, 0) is 45.2 Å². The highest BCUT2D eigenvalue weighted by Crippen LogP contribution is 2.34. The molecule has 14 heavy (non-hydrogen) atoms. The Morgan fingerprint density at radius 3 is 2.00 bits per heavy atom. The summed E-state index contributed by atoms with van der Waals surface area (Å²) in [4.78, 5) is 2.43. The second-order valence-electron chi connectivity index (χ2n) is 5.13. The molecule has 1 fully saturated rings. The molecule has 0 aliphatic heterocycles. The highest BCUT2D eigenvalue weighted by atomic mass is 15.1. The van der Waals surface area contributed by atoms with Crippen LogP contribution in [-0.4, -0.2) is 25.0 Å². The second-order valence-corrected chi connectivity index (χ2v) is 5.13. The van der Waals surface area contributed by atoms with Crippen molar-refractivity contribution >= 4 is 0 Å². The third-order valence-electron chi connectivity index (χ3n) is 4.09. The van der Waals surface area contributed by atoms with Crippen LogP contribution in [0, 0.1) is 11.8 Å². The van der Waals surface area contributed by atoms with Crippen LogP contribution >= 0.6 is 0 Å². The molecule has 1 atom stereocenters. The highest BCUT2D eigenvalue weighted by molar-refractivity contribution is 4.80. The van der Waals surface area contributed by atoms with Gasteiger partial charge in [0, 0.05) is 6.04 Å². The van der Waals surface area contributed by atoms with Gasteiger partial charge < -0.3 is 4.90 Å². The van der Waals surface area contributed by atoms with E-state index in [1.54, 1.807) is 0 Å². The van der Waals surface area contributed by atoms with Gasteiger partial charge in [-0.25, -0.2) is 0 Å². The Morgan fingerprint density at radius 2 is 1.64 bits per heavy atom. The second kappa shape index (κ2) is 5.75. The first-order chi connectivity index (χ1) is 6.69. The molecule has 1 nitrogen and oxygen atoms in total. The van der Waals surface area contributed by atoms with Gasteiger partial charge >= 0.3 is 0 Å². The molecule has 0 radical (unpaired) electrons. The van der Waals surface area contributed by atoms with Gasteiger partial charge in [0.25, 0.3) is 0 Å². The molecule has 0 aromatic carbocycles. The SMILES string of the molecule is CCC1CCC(C(CC)N(C)C)CC1. The topological polar surface area (TPSA) is 3.24 Å². The van der Waals surface area contributed by atoms with Crippen LogP contribution < -0.4 is 0 Å². The predicted molar refractivity (Wildman–Crippen MR) is 63.5 cm³/mol. The molecule has 1 saturated carbocycles. The van der Waals surface area contributed by atoms with Crippen LogP contribution in [0.15, 0.2) is 0 Å². The van der Waals surface area contributed by atoms with Crippen LogP contribution in [0.3, 0.4) is 0 Å². The lowest BCUT2D eigenvalue weighted by Crippen LogP contribution is -2.36. The van der Waals surface area contributed by atoms with Crippen LogP contribution in [0.5, 0.6) is 0 Å². The van der Waals surface area contributed by atoms with E-state index < -0.39 is 0 Å². The van der Waals surface area contributed by atoms with Gasteiger partial charge in [0.2, 0.25) is 0 Å². The third-order valence-corrected chi connectivity index (χ3v) is 4.09. The fourth-order valence-corrected chi connectivity index (χ4v) is 3.10. The van der Waals surface area contributed by atoms with Crippen molar-refractivity contribution in [3.63, 3.8) is 0 Å². The molecule has 1 aliphatic rings. The van der Waals surface area contributed by atoms with Crippen molar-refractivity contribution in [3.05, 3.63) is 0 Å². The van der Waals surface area contributed by atoms with E-state index in [0.29, 0.717) is 0 Å².